The highest BCUT2D eigenvalue weighted by molar-refractivity contribution is 5.46. The molecule has 41 heavy (non-hydrogen) atoms. The Kier molecular flexibility index (Phi) is 13.7. The number of anilines is 2. The van der Waals surface area contributed by atoms with E-state index in [0.29, 0.717) is 36.7 Å². The van der Waals surface area contributed by atoms with Crippen LogP contribution >= 0.6 is 0 Å². The van der Waals surface area contributed by atoms with Crippen LogP contribution in [0.15, 0.2) is 60.0 Å². The molecule has 2 unspecified atom stereocenters. The van der Waals surface area contributed by atoms with Gasteiger partial charge in [0.2, 0.25) is 11.8 Å². The SMILES string of the molecule is CC.CC.CC(C)C1=CC(Nc2cc(OCCN3CCOCC3)nc(NCC3=CC(c4ccccc4)NO3)n2)NN1. The number of aromatic nitrogens is 2. The predicted molar refractivity (Wildman–Crippen MR) is 164 cm³/mol. The van der Waals surface area contributed by atoms with Crippen molar-refractivity contribution >= 4 is 11.8 Å². The average molecular weight is 569 g/mol. The minimum absolute atomic E-state index is 0.00822. The summed E-state index contributed by atoms with van der Waals surface area (Å²) in [5.41, 5.74) is 11.8. The summed E-state index contributed by atoms with van der Waals surface area (Å²) in [6.45, 7) is 17.5. The van der Waals surface area contributed by atoms with E-state index < -0.39 is 0 Å². The minimum atomic E-state index is -0.0990. The molecule has 5 N–H and O–H groups in total. The summed E-state index contributed by atoms with van der Waals surface area (Å²) < 4.78 is 11.5. The number of ether oxygens (including phenoxy) is 2. The first-order valence-corrected chi connectivity index (χ1v) is 14.9. The molecule has 2 aromatic rings. The molecule has 11 nitrogen and oxygen atoms in total. The lowest BCUT2D eigenvalue weighted by Crippen LogP contribution is -2.38. The standard InChI is InChI=1S/C26H36N8O3.2C2H6/c1-18(2)21-15-24(32-31-21)28-23-16-25(36-13-10-34-8-11-35-12-9-34)30-26(29-23)27-17-20-14-22(33-37-20)19-6-4-3-5-7-19;2*1-2/h3-7,14-16,18,22,24,31-33H,8-13,17H2,1-2H3,(H2,27,28,29,30);2*1-2H3. The summed E-state index contributed by atoms with van der Waals surface area (Å²) in [5.74, 6) is 2.79. The maximum atomic E-state index is 6.04. The second kappa shape index (κ2) is 17.4. The third-order valence-electron chi connectivity index (χ3n) is 6.36. The van der Waals surface area contributed by atoms with E-state index in [1.165, 1.54) is 0 Å². The van der Waals surface area contributed by atoms with Gasteiger partial charge in [-0.15, -0.1) is 5.48 Å². The minimum Gasteiger partial charge on any atom is -0.476 e. The molecule has 2 atom stereocenters. The van der Waals surface area contributed by atoms with Gasteiger partial charge in [0.1, 0.15) is 24.3 Å². The van der Waals surface area contributed by atoms with Crippen molar-refractivity contribution in [2.24, 2.45) is 5.92 Å². The smallest absolute Gasteiger partial charge is 0.228 e. The lowest BCUT2D eigenvalue weighted by Gasteiger charge is -2.26. The van der Waals surface area contributed by atoms with E-state index in [0.717, 1.165) is 49.9 Å². The Morgan fingerprint density at radius 3 is 2.51 bits per heavy atom. The maximum Gasteiger partial charge on any atom is 0.228 e. The van der Waals surface area contributed by atoms with Gasteiger partial charge in [-0.3, -0.25) is 4.90 Å². The third-order valence-corrected chi connectivity index (χ3v) is 6.36. The molecule has 4 heterocycles. The van der Waals surface area contributed by atoms with E-state index in [1.807, 2.05) is 52.0 Å². The van der Waals surface area contributed by atoms with Crippen molar-refractivity contribution in [1.82, 2.24) is 31.2 Å². The second-order valence-corrected chi connectivity index (χ2v) is 9.48. The van der Waals surface area contributed by atoms with Crippen molar-refractivity contribution < 1.29 is 14.3 Å². The van der Waals surface area contributed by atoms with Crippen LogP contribution in [-0.2, 0) is 9.57 Å². The Bertz CT molecular complexity index is 1090. The van der Waals surface area contributed by atoms with Gasteiger partial charge in [-0.05, 0) is 23.6 Å². The van der Waals surface area contributed by atoms with Crippen LogP contribution in [-0.4, -0.2) is 67.0 Å². The van der Waals surface area contributed by atoms with Gasteiger partial charge >= 0.3 is 0 Å². The number of morpholine rings is 1. The van der Waals surface area contributed by atoms with E-state index in [2.05, 4.69) is 80.0 Å². The van der Waals surface area contributed by atoms with E-state index in [9.17, 15) is 0 Å². The first kappa shape index (κ1) is 32.1. The number of allylic oxidation sites excluding steroid dienone is 1. The fourth-order valence-electron chi connectivity index (χ4n) is 4.23. The van der Waals surface area contributed by atoms with Crippen LogP contribution in [0.5, 0.6) is 5.88 Å². The molecule has 0 aliphatic carbocycles. The predicted octanol–water partition coefficient (Wildman–Crippen LogP) is 4.20. The number of nitrogens with one attached hydrogen (secondary N) is 5. The maximum absolute atomic E-state index is 6.04. The molecule has 11 heteroatoms. The molecule has 5 rings (SSSR count). The molecule has 1 aromatic heterocycles. The highest BCUT2D eigenvalue weighted by atomic mass is 16.7. The number of hydrogen-bond donors (Lipinski definition) is 5. The highest BCUT2D eigenvalue weighted by Crippen LogP contribution is 2.23. The molecule has 0 amide bonds. The van der Waals surface area contributed by atoms with Gasteiger partial charge in [-0.1, -0.05) is 71.9 Å². The Morgan fingerprint density at radius 1 is 1.05 bits per heavy atom. The number of hydroxylamine groups is 1. The van der Waals surface area contributed by atoms with Crippen molar-refractivity contribution in [1.29, 1.82) is 0 Å². The average Bonchev–Trinajstić information content (AvgIpc) is 3.70. The molecule has 1 saturated heterocycles. The lowest BCUT2D eigenvalue weighted by molar-refractivity contribution is 0.0320. The molecule has 0 radical (unpaired) electrons. The third kappa shape index (κ3) is 10.2. The molecule has 226 valence electrons. The molecule has 1 fully saturated rings. The Morgan fingerprint density at radius 2 is 1.80 bits per heavy atom. The highest BCUT2D eigenvalue weighted by Gasteiger charge is 2.20. The molecular formula is C30H48N8O3. The van der Waals surface area contributed by atoms with E-state index >= 15 is 0 Å². The van der Waals surface area contributed by atoms with Gasteiger partial charge < -0.3 is 30.4 Å². The lowest BCUT2D eigenvalue weighted by atomic mass is 10.1. The summed E-state index contributed by atoms with van der Waals surface area (Å²) in [4.78, 5) is 17.3. The molecule has 3 aliphatic rings. The summed E-state index contributed by atoms with van der Waals surface area (Å²) >= 11 is 0. The zero-order valence-electron chi connectivity index (χ0n) is 25.4. The quantitative estimate of drug-likeness (QED) is 0.269. The van der Waals surface area contributed by atoms with Crippen molar-refractivity contribution in [3.8, 4) is 5.88 Å². The number of hydrazine groups is 1. The largest absolute Gasteiger partial charge is 0.476 e. The number of rotatable bonds is 11. The first-order chi connectivity index (χ1) is 20.1. The van der Waals surface area contributed by atoms with Gasteiger partial charge in [-0.25, -0.2) is 5.43 Å². The second-order valence-electron chi connectivity index (χ2n) is 9.48. The van der Waals surface area contributed by atoms with Crippen molar-refractivity contribution in [2.45, 2.75) is 53.8 Å². The number of benzene rings is 1. The fourth-order valence-corrected chi connectivity index (χ4v) is 4.23. The van der Waals surface area contributed by atoms with Crippen LogP contribution in [0.25, 0.3) is 0 Å². The van der Waals surface area contributed by atoms with E-state index in [4.69, 9.17) is 14.3 Å². The van der Waals surface area contributed by atoms with E-state index in [-0.39, 0.29) is 12.2 Å². The summed E-state index contributed by atoms with van der Waals surface area (Å²) in [7, 11) is 0. The van der Waals surface area contributed by atoms with Gasteiger partial charge in [0.05, 0.1) is 25.8 Å². The molecule has 0 spiro atoms. The monoisotopic (exact) mass is 568 g/mol. The molecule has 1 aromatic carbocycles. The van der Waals surface area contributed by atoms with Crippen LogP contribution in [0, 0.1) is 5.92 Å². The van der Waals surface area contributed by atoms with Crippen LogP contribution in [0.2, 0.25) is 0 Å². The molecular weight excluding hydrogens is 520 g/mol. The zero-order valence-corrected chi connectivity index (χ0v) is 25.4. The van der Waals surface area contributed by atoms with Crippen LogP contribution in [0.4, 0.5) is 11.8 Å². The van der Waals surface area contributed by atoms with Crippen molar-refractivity contribution in [3.63, 3.8) is 0 Å². The summed E-state index contributed by atoms with van der Waals surface area (Å²) in [6, 6.07) is 12.0. The number of nitrogens with zero attached hydrogens (tertiary/aromatic N) is 3. The van der Waals surface area contributed by atoms with Crippen LogP contribution < -0.4 is 31.7 Å². The van der Waals surface area contributed by atoms with E-state index in [1.54, 1.807) is 0 Å². The topological polar surface area (TPSA) is 117 Å². The van der Waals surface area contributed by atoms with Gasteiger partial charge in [0, 0.05) is 31.4 Å². The molecule has 0 bridgehead atoms. The Hall–Kier alpha value is -3.38. The Balaban J connectivity index is 0.00000111. The Labute approximate surface area is 245 Å². The normalized spacial score (nSPS) is 19.9. The fraction of sp³-hybridized carbons (Fsp3) is 0.533. The summed E-state index contributed by atoms with van der Waals surface area (Å²) in [5, 5.41) is 6.67. The van der Waals surface area contributed by atoms with Crippen LogP contribution in [0.3, 0.4) is 0 Å². The summed E-state index contributed by atoms with van der Waals surface area (Å²) in [6.07, 6.45) is 4.07. The van der Waals surface area contributed by atoms with Gasteiger partial charge in [0.25, 0.3) is 0 Å². The van der Waals surface area contributed by atoms with Crippen molar-refractivity contribution in [2.75, 3.05) is 56.6 Å². The van der Waals surface area contributed by atoms with Crippen LogP contribution in [0.1, 0.15) is 53.1 Å². The first-order valence-electron chi connectivity index (χ1n) is 14.9. The molecule has 3 aliphatic heterocycles. The van der Waals surface area contributed by atoms with Gasteiger partial charge in [0.15, 0.2) is 0 Å². The van der Waals surface area contributed by atoms with Gasteiger partial charge in [-0.2, -0.15) is 9.97 Å². The van der Waals surface area contributed by atoms with Crippen molar-refractivity contribution in [3.05, 3.63) is 65.6 Å². The zero-order chi connectivity index (χ0) is 29.5. The molecule has 0 saturated carbocycles. The number of hydrogen-bond acceptors (Lipinski definition) is 11.